The second kappa shape index (κ2) is 4.03. The van der Waals surface area contributed by atoms with Crippen molar-refractivity contribution in [3.8, 4) is 16.8 Å². The molecular weight excluding hydrogens is 226 g/mol. The number of hydrogen-bond donors (Lipinski definition) is 1. The summed E-state index contributed by atoms with van der Waals surface area (Å²) >= 11 is 0. The summed E-state index contributed by atoms with van der Waals surface area (Å²) in [6, 6.07) is 9.94. The van der Waals surface area contributed by atoms with Crippen molar-refractivity contribution < 1.29 is 0 Å². The molecule has 2 N–H and O–H groups in total. The molecule has 0 saturated carbocycles. The minimum absolute atomic E-state index is 0.660. The molecule has 0 atom stereocenters. The van der Waals surface area contributed by atoms with Crippen LogP contribution in [-0.4, -0.2) is 19.6 Å². The third kappa shape index (κ3) is 1.66. The van der Waals surface area contributed by atoms with Crippen molar-refractivity contribution in [3.05, 3.63) is 48.9 Å². The van der Waals surface area contributed by atoms with Gasteiger partial charge < -0.3 is 5.73 Å². The maximum atomic E-state index is 5.98. The lowest BCUT2D eigenvalue weighted by atomic mass is 10.1. The fourth-order valence-electron chi connectivity index (χ4n) is 1.91. The van der Waals surface area contributed by atoms with Crippen molar-refractivity contribution in [2.45, 2.75) is 0 Å². The van der Waals surface area contributed by atoms with Crippen molar-refractivity contribution in [1.29, 1.82) is 0 Å². The average molecular weight is 239 g/mol. The molecule has 0 aliphatic rings. The van der Waals surface area contributed by atoms with E-state index in [1.54, 1.807) is 17.1 Å². The summed E-state index contributed by atoms with van der Waals surface area (Å²) in [7, 11) is 1.83. The summed E-state index contributed by atoms with van der Waals surface area (Å²) in [6.07, 6.45) is 5.44. The number of nitrogen functional groups attached to an aromatic ring is 1. The van der Waals surface area contributed by atoms with Gasteiger partial charge in [0.2, 0.25) is 0 Å². The molecule has 2 aromatic heterocycles. The molecule has 3 aromatic rings. The predicted octanol–water partition coefficient (Wildman–Crippen LogP) is 1.85. The van der Waals surface area contributed by atoms with E-state index >= 15 is 0 Å². The van der Waals surface area contributed by atoms with Gasteiger partial charge in [0.25, 0.3) is 0 Å². The van der Waals surface area contributed by atoms with Crippen molar-refractivity contribution in [2.24, 2.45) is 7.05 Å². The monoisotopic (exact) mass is 239 g/mol. The molecule has 0 radical (unpaired) electrons. The Morgan fingerprint density at radius 2 is 2.06 bits per heavy atom. The number of hydrogen-bond acceptors (Lipinski definition) is 3. The number of nitrogens with two attached hydrogens (primary N) is 1. The molecule has 0 fully saturated rings. The first kappa shape index (κ1) is 10.6. The van der Waals surface area contributed by atoms with Gasteiger partial charge in [0.1, 0.15) is 5.82 Å². The van der Waals surface area contributed by atoms with Crippen LogP contribution in [0.1, 0.15) is 0 Å². The lowest BCUT2D eigenvalue weighted by Crippen LogP contribution is -1.98. The average Bonchev–Trinajstić information content (AvgIpc) is 3.02. The van der Waals surface area contributed by atoms with Crippen LogP contribution in [0.2, 0.25) is 0 Å². The lowest BCUT2D eigenvalue weighted by Gasteiger charge is -2.05. The van der Waals surface area contributed by atoms with Gasteiger partial charge in [-0.2, -0.15) is 10.2 Å². The molecule has 0 amide bonds. The fraction of sp³-hybridized carbons (Fsp3) is 0.0769. The van der Waals surface area contributed by atoms with E-state index in [1.165, 1.54) is 0 Å². The molecule has 1 aromatic carbocycles. The van der Waals surface area contributed by atoms with Gasteiger partial charge in [-0.15, -0.1) is 0 Å². The third-order valence-corrected chi connectivity index (χ3v) is 2.91. The van der Waals surface area contributed by atoms with E-state index in [2.05, 4.69) is 10.2 Å². The van der Waals surface area contributed by atoms with E-state index in [0.29, 0.717) is 5.82 Å². The van der Waals surface area contributed by atoms with E-state index in [1.807, 2.05) is 48.3 Å². The highest BCUT2D eigenvalue weighted by atomic mass is 15.3. The second-order valence-electron chi connectivity index (χ2n) is 4.07. The normalized spacial score (nSPS) is 10.7. The molecule has 0 spiro atoms. The first-order valence-electron chi connectivity index (χ1n) is 5.63. The van der Waals surface area contributed by atoms with Crippen molar-refractivity contribution in [3.63, 3.8) is 0 Å². The minimum Gasteiger partial charge on any atom is -0.383 e. The van der Waals surface area contributed by atoms with Gasteiger partial charge in [0, 0.05) is 25.0 Å². The molecule has 0 bridgehead atoms. The van der Waals surface area contributed by atoms with Gasteiger partial charge >= 0.3 is 0 Å². The van der Waals surface area contributed by atoms with E-state index in [4.69, 9.17) is 5.73 Å². The standard InChI is InChI=1S/C13H13N5/c1-17-13(14)12(9-16-17)10-4-2-5-11(8-10)18-7-3-6-15-18/h2-9H,14H2,1H3. The van der Waals surface area contributed by atoms with Crippen LogP contribution in [0.15, 0.2) is 48.9 Å². The summed E-state index contributed by atoms with van der Waals surface area (Å²) in [5.41, 5.74) is 8.95. The number of rotatable bonds is 2. The smallest absolute Gasteiger partial charge is 0.129 e. The molecule has 5 heteroatoms. The molecular formula is C13H13N5. The van der Waals surface area contributed by atoms with Crippen molar-refractivity contribution in [1.82, 2.24) is 19.6 Å². The summed E-state index contributed by atoms with van der Waals surface area (Å²) in [6.45, 7) is 0. The number of benzene rings is 1. The number of anilines is 1. The van der Waals surface area contributed by atoms with Gasteiger partial charge in [-0.1, -0.05) is 12.1 Å². The first-order valence-corrected chi connectivity index (χ1v) is 5.63. The van der Waals surface area contributed by atoms with Gasteiger partial charge in [0.15, 0.2) is 0 Å². The van der Waals surface area contributed by atoms with E-state index in [-0.39, 0.29) is 0 Å². The Hall–Kier alpha value is -2.56. The lowest BCUT2D eigenvalue weighted by molar-refractivity contribution is 0.779. The number of nitrogens with zero attached hydrogens (tertiary/aromatic N) is 4. The van der Waals surface area contributed by atoms with E-state index in [0.717, 1.165) is 16.8 Å². The molecule has 90 valence electrons. The quantitative estimate of drug-likeness (QED) is 0.742. The van der Waals surface area contributed by atoms with Crippen LogP contribution in [-0.2, 0) is 7.05 Å². The van der Waals surface area contributed by atoms with Crippen LogP contribution in [0.5, 0.6) is 0 Å². The zero-order valence-electron chi connectivity index (χ0n) is 9.99. The topological polar surface area (TPSA) is 61.7 Å². The van der Waals surface area contributed by atoms with Crippen LogP contribution < -0.4 is 5.73 Å². The van der Waals surface area contributed by atoms with Crippen LogP contribution in [0, 0.1) is 0 Å². The first-order chi connectivity index (χ1) is 8.75. The number of aryl methyl sites for hydroxylation is 1. The van der Waals surface area contributed by atoms with Crippen LogP contribution in [0.25, 0.3) is 16.8 Å². The largest absolute Gasteiger partial charge is 0.383 e. The van der Waals surface area contributed by atoms with Crippen LogP contribution in [0.3, 0.4) is 0 Å². The molecule has 0 aliphatic carbocycles. The van der Waals surface area contributed by atoms with Crippen molar-refractivity contribution in [2.75, 3.05) is 5.73 Å². The van der Waals surface area contributed by atoms with Crippen LogP contribution >= 0.6 is 0 Å². The Balaban J connectivity index is 2.09. The predicted molar refractivity (Wildman–Crippen MR) is 70.2 cm³/mol. The van der Waals surface area contributed by atoms with Gasteiger partial charge in [0.05, 0.1) is 11.9 Å². The summed E-state index contributed by atoms with van der Waals surface area (Å²) in [4.78, 5) is 0. The van der Waals surface area contributed by atoms with Crippen molar-refractivity contribution >= 4 is 5.82 Å². The Bertz CT molecular complexity index is 667. The molecule has 0 aliphatic heterocycles. The SMILES string of the molecule is Cn1ncc(-c2cccc(-n3cccn3)c2)c1N. The van der Waals surface area contributed by atoms with E-state index in [9.17, 15) is 0 Å². The zero-order valence-corrected chi connectivity index (χ0v) is 9.99. The molecule has 0 saturated heterocycles. The maximum Gasteiger partial charge on any atom is 0.129 e. The number of aromatic nitrogens is 4. The van der Waals surface area contributed by atoms with Crippen LogP contribution in [0.4, 0.5) is 5.82 Å². The Morgan fingerprint density at radius 3 is 2.72 bits per heavy atom. The third-order valence-electron chi connectivity index (χ3n) is 2.91. The highest BCUT2D eigenvalue weighted by Gasteiger charge is 2.08. The Morgan fingerprint density at radius 1 is 1.17 bits per heavy atom. The zero-order chi connectivity index (χ0) is 12.5. The summed E-state index contributed by atoms with van der Waals surface area (Å²) in [5, 5.41) is 8.37. The fourth-order valence-corrected chi connectivity index (χ4v) is 1.91. The molecule has 2 heterocycles. The Labute approximate surface area is 104 Å². The van der Waals surface area contributed by atoms with Gasteiger partial charge in [-0.05, 0) is 23.8 Å². The summed E-state index contributed by atoms with van der Waals surface area (Å²) < 4.78 is 3.48. The highest BCUT2D eigenvalue weighted by Crippen LogP contribution is 2.26. The van der Waals surface area contributed by atoms with Gasteiger partial charge in [-0.25, -0.2) is 4.68 Å². The molecule has 18 heavy (non-hydrogen) atoms. The Kier molecular flexibility index (Phi) is 2.37. The maximum absolute atomic E-state index is 5.98. The molecule has 3 rings (SSSR count). The minimum atomic E-state index is 0.660. The van der Waals surface area contributed by atoms with E-state index < -0.39 is 0 Å². The summed E-state index contributed by atoms with van der Waals surface area (Å²) in [5.74, 6) is 0.660. The van der Waals surface area contributed by atoms with Gasteiger partial charge in [-0.3, -0.25) is 4.68 Å². The molecule has 5 nitrogen and oxygen atoms in total. The molecule has 0 unspecified atom stereocenters. The highest BCUT2D eigenvalue weighted by molar-refractivity contribution is 5.74. The second-order valence-corrected chi connectivity index (χ2v) is 4.07.